The van der Waals surface area contributed by atoms with Crippen LogP contribution in [0.25, 0.3) is 0 Å². The molecule has 4 aromatic carbocycles. The number of carbonyl (C=O) groups is 8. The van der Waals surface area contributed by atoms with Gasteiger partial charge in [-0.05, 0) is 85.0 Å². The SMILES string of the molecule is C=C1C[C@H]2C(O)N(C(=O)OCc3ccc(O[C@@H]4O[C@H](C(=O)O)[C@@H](O)[C@H](O)[C@H]4O)c(C(=O)CC(C)(C)C)c3)c3cc(OCCCCCOc4cc5c(cc4OC)C(=O)N4CC(=C)C[C@H]4C(O)N5C(=O)OCc4ccc(O[C@@H]5O[C@H](C(=O)O)[C@@H](O)[C@H](O)[C@H]5O)c(C(=O)NCCOC)c4)c(OC)cc3C(=O)N2C1. The maximum absolute atomic E-state index is 14.6. The highest BCUT2D eigenvalue weighted by Crippen LogP contribution is 2.45. The molecule has 6 heterocycles. The predicted octanol–water partition coefficient (Wildman–Crippen LogP) is 2.36. The highest BCUT2D eigenvalue weighted by molar-refractivity contribution is 6.07. The number of Topliss-reactive ketones (excluding diaryl/α,β-unsaturated/α-hetero) is 1. The molecule has 0 saturated carbocycles. The Morgan fingerprint density at radius 3 is 1.38 bits per heavy atom. The molecule has 6 aliphatic rings. The molecule has 6 aliphatic heterocycles. The van der Waals surface area contributed by atoms with E-state index in [1.807, 2.05) is 0 Å². The van der Waals surface area contributed by atoms with Gasteiger partial charge in [0.15, 0.2) is 53.4 Å². The topological polar surface area (TPSA) is 465 Å². The van der Waals surface area contributed by atoms with Crippen LogP contribution in [0, 0.1) is 5.41 Å². The molecule has 14 atom stereocenters. The van der Waals surface area contributed by atoms with Crippen LogP contribution in [0.15, 0.2) is 85.0 Å². The fraction of sp³-hybridized carbons (Fsp3) is 0.493. The maximum atomic E-state index is 14.6. The van der Waals surface area contributed by atoms with Gasteiger partial charge < -0.3 is 118 Å². The van der Waals surface area contributed by atoms with Crippen molar-refractivity contribution in [3.05, 3.63) is 118 Å². The van der Waals surface area contributed by atoms with Gasteiger partial charge in [0, 0.05) is 45.3 Å². The molecule has 0 aliphatic carbocycles. The number of amides is 5. The molecular weight excluding hydrogens is 1390 g/mol. The number of ether oxygens (including phenoxy) is 11. The van der Waals surface area contributed by atoms with E-state index in [1.54, 1.807) is 20.8 Å². The number of unbranched alkanes of at least 4 members (excludes halogenated alkanes) is 2. The molecule has 2 unspecified atom stereocenters. The number of methoxy groups -OCH3 is 3. The van der Waals surface area contributed by atoms with Crippen molar-refractivity contribution in [2.45, 2.75) is 158 Å². The van der Waals surface area contributed by atoms with Crippen molar-refractivity contribution in [1.29, 1.82) is 0 Å². The monoisotopic (exact) mass is 1470 g/mol. The van der Waals surface area contributed by atoms with Crippen molar-refractivity contribution in [3.8, 4) is 34.5 Å². The van der Waals surface area contributed by atoms with Gasteiger partial charge in [0.2, 0.25) is 12.6 Å². The molecule has 4 fully saturated rings. The average molecular weight is 1470 g/mol. The summed E-state index contributed by atoms with van der Waals surface area (Å²) in [5.41, 5.74) is 0.357. The Morgan fingerprint density at radius 1 is 0.543 bits per heavy atom. The molecule has 105 heavy (non-hydrogen) atoms. The number of carboxylic acid groups (broad SMARTS) is 2. The first-order chi connectivity index (χ1) is 49.8. The number of benzene rings is 4. The van der Waals surface area contributed by atoms with Crippen molar-refractivity contribution >= 4 is 59.0 Å². The van der Waals surface area contributed by atoms with E-state index >= 15 is 0 Å². The van der Waals surface area contributed by atoms with E-state index in [0.29, 0.717) is 30.4 Å². The fourth-order valence-electron chi connectivity index (χ4n) is 13.0. The Kier molecular flexibility index (Phi) is 24.3. The molecule has 4 aromatic rings. The molecule has 10 rings (SSSR count). The lowest BCUT2D eigenvalue weighted by Gasteiger charge is -2.38. The molecule has 0 spiro atoms. The summed E-state index contributed by atoms with van der Waals surface area (Å²) < 4.78 is 62.8. The number of nitrogens with one attached hydrogen (secondary N) is 1. The van der Waals surface area contributed by atoms with Crippen LogP contribution in [-0.4, -0.2) is 255 Å². The fourth-order valence-corrected chi connectivity index (χ4v) is 13.0. The lowest BCUT2D eigenvalue weighted by molar-refractivity contribution is -0.271. The number of fused-ring (bicyclic) bond motifs is 4. The van der Waals surface area contributed by atoms with Crippen LogP contribution in [0.2, 0.25) is 0 Å². The van der Waals surface area contributed by atoms with Gasteiger partial charge >= 0.3 is 24.1 Å². The van der Waals surface area contributed by atoms with E-state index < -0.39 is 152 Å². The van der Waals surface area contributed by atoms with E-state index in [4.69, 9.17) is 52.1 Å². The Morgan fingerprint density at radius 2 is 0.971 bits per heavy atom. The van der Waals surface area contributed by atoms with Crippen LogP contribution in [0.1, 0.15) is 112 Å². The third-order valence-corrected chi connectivity index (χ3v) is 18.3. The van der Waals surface area contributed by atoms with Gasteiger partial charge in [-0.25, -0.2) is 29.0 Å². The van der Waals surface area contributed by atoms with Crippen molar-refractivity contribution in [2.24, 2.45) is 5.41 Å². The molecule has 0 aromatic heterocycles. The third-order valence-electron chi connectivity index (χ3n) is 18.3. The summed E-state index contributed by atoms with van der Waals surface area (Å²) in [7, 11) is 4.10. The minimum absolute atomic E-state index is 0.00574. The summed E-state index contributed by atoms with van der Waals surface area (Å²) in [4.78, 5) is 114. The van der Waals surface area contributed by atoms with Gasteiger partial charge in [-0.1, -0.05) is 57.2 Å². The third kappa shape index (κ3) is 16.9. The average Bonchev–Trinajstić information content (AvgIpc) is 1.63. The number of carboxylic acids is 2. The summed E-state index contributed by atoms with van der Waals surface area (Å²) in [6, 6.07) is 11.4. The van der Waals surface area contributed by atoms with Gasteiger partial charge in [0.25, 0.3) is 17.7 Å². The number of aliphatic hydroxyl groups is 8. The smallest absolute Gasteiger partial charge is 0.416 e. The predicted molar refractivity (Wildman–Crippen MR) is 361 cm³/mol. The summed E-state index contributed by atoms with van der Waals surface area (Å²) in [6.45, 7) is 12.6. The van der Waals surface area contributed by atoms with Crippen LogP contribution < -0.4 is 43.5 Å². The van der Waals surface area contributed by atoms with Gasteiger partial charge in [-0.15, -0.1) is 0 Å². The van der Waals surface area contributed by atoms with Gasteiger partial charge in [0.05, 0.1) is 79.8 Å². The Labute approximate surface area is 600 Å². The number of nitrogens with zero attached hydrogens (tertiary/aromatic N) is 4. The van der Waals surface area contributed by atoms with E-state index in [1.165, 1.54) is 91.8 Å². The molecule has 0 bridgehead atoms. The maximum Gasteiger partial charge on any atom is 0.416 e. The van der Waals surface area contributed by atoms with E-state index in [2.05, 4.69) is 18.5 Å². The Balaban J connectivity index is 0.826. The summed E-state index contributed by atoms with van der Waals surface area (Å²) in [5, 5.41) is 109. The number of aliphatic carboxylic acids is 2. The van der Waals surface area contributed by atoms with Crippen LogP contribution in [-0.2, 0) is 46.5 Å². The lowest BCUT2D eigenvalue weighted by atomic mass is 9.87. The first-order valence-corrected chi connectivity index (χ1v) is 33.5. The lowest BCUT2D eigenvalue weighted by Crippen LogP contribution is -2.61. The minimum Gasteiger partial charge on any atom is -0.493 e. The molecule has 5 amide bonds. The van der Waals surface area contributed by atoms with Crippen LogP contribution in [0.3, 0.4) is 0 Å². The van der Waals surface area contributed by atoms with E-state index in [0.717, 1.165) is 9.80 Å². The molecular formula is C71H85N5O29. The highest BCUT2D eigenvalue weighted by atomic mass is 16.7. The summed E-state index contributed by atoms with van der Waals surface area (Å²) >= 11 is 0. The number of ketones is 1. The zero-order valence-electron chi connectivity index (χ0n) is 58.2. The summed E-state index contributed by atoms with van der Waals surface area (Å²) in [5.74, 6) is -5.85. The zero-order chi connectivity index (χ0) is 76.2. The number of anilines is 2. The van der Waals surface area contributed by atoms with Crippen LogP contribution in [0.5, 0.6) is 34.5 Å². The number of carbonyl (C=O) groups excluding carboxylic acids is 6. The minimum atomic E-state index is -2.03. The zero-order valence-corrected chi connectivity index (χ0v) is 58.2. The Bertz CT molecular complexity index is 3990. The Hall–Kier alpha value is -9.72. The number of rotatable bonds is 26. The first-order valence-electron chi connectivity index (χ1n) is 33.5. The molecule has 34 nitrogen and oxygen atoms in total. The standard InChI is InChI=1S/C71H85N5O29/c1-33-20-43-63(87)75(69(93)100-31-35-12-14-46(39(22-35)45(77)28-71(3,4)5)102-67-56(82)52(78)54(80)58(104-67)65(89)90)41-26-50(48(96-7)24-37(41)61(85)73(43)29-33)98-17-10-9-11-18-99-51-27-42-38(25-49(51)97-8)62(86)74-30-34(2)21-44(74)64(88)76(42)70(94)101-32-36-13-15-47(40(23-36)60(84)72-16-19-95-6)103-68-57(83)53(79)55(81)59(105-68)66(91)92/h12-15,22-27,43-44,52-59,63-64,67-68,78-83,87-88H,1-2,9-11,16-21,28-32H2,3-8H3,(H,72,84)(H,89,90)(H,91,92)/t43-,44-,52-,53-,54-,55-,56+,57+,58-,59-,63?,64?,67+,68+/m0/s1. The number of aliphatic hydroxyl groups excluding tert-OH is 8. The molecule has 11 N–H and O–H groups in total. The quantitative estimate of drug-likeness (QED) is 0.0244. The molecule has 568 valence electrons. The first kappa shape index (κ1) is 77.9. The van der Waals surface area contributed by atoms with E-state index in [-0.39, 0.29) is 138 Å². The van der Waals surface area contributed by atoms with Gasteiger partial charge in [-0.3, -0.25) is 19.2 Å². The largest absolute Gasteiger partial charge is 0.493 e. The second kappa shape index (κ2) is 32.7. The van der Waals surface area contributed by atoms with Crippen molar-refractivity contribution in [2.75, 3.05) is 70.6 Å². The van der Waals surface area contributed by atoms with Gasteiger partial charge in [-0.2, -0.15) is 0 Å². The second-order valence-electron chi connectivity index (χ2n) is 27.2. The normalized spacial score (nSPS) is 25.7. The number of hydrogen-bond donors (Lipinski definition) is 11. The van der Waals surface area contributed by atoms with Crippen LogP contribution in [0.4, 0.5) is 21.0 Å². The molecule has 4 saturated heterocycles. The number of hydrogen-bond acceptors (Lipinski definition) is 27. The van der Waals surface area contributed by atoms with Gasteiger partial charge in [0.1, 0.15) is 61.3 Å². The molecule has 0 radical (unpaired) electrons. The van der Waals surface area contributed by atoms with Crippen molar-refractivity contribution < 1.29 is 142 Å². The molecule has 34 heteroatoms. The second-order valence-corrected chi connectivity index (χ2v) is 27.2. The summed E-state index contributed by atoms with van der Waals surface area (Å²) in [6.07, 6.45) is -24.1. The van der Waals surface area contributed by atoms with Crippen molar-refractivity contribution in [3.63, 3.8) is 0 Å². The highest BCUT2D eigenvalue weighted by Gasteiger charge is 2.52. The van der Waals surface area contributed by atoms with Crippen LogP contribution >= 0.6 is 0 Å². The van der Waals surface area contributed by atoms with Crippen molar-refractivity contribution in [1.82, 2.24) is 15.1 Å². The van der Waals surface area contributed by atoms with E-state index in [9.17, 15) is 89.4 Å².